The molecule has 0 radical (unpaired) electrons. The van der Waals surface area contributed by atoms with E-state index >= 15 is 0 Å². The summed E-state index contributed by atoms with van der Waals surface area (Å²) in [5.41, 5.74) is 0. The van der Waals surface area contributed by atoms with Gasteiger partial charge in [0, 0.05) is 0 Å². The Balaban J connectivity index is 3.67. The van der Waals surface area contributed by atoms with Crippen LogP contribution in [0.15, 0.2) is 24.3 Å². The number of nitrogens with one attached hydrogen (secondary N) is 1. The zero-order valence-electron chi connectivity index (χ0n) is 31.4. The number of rotatable bonds is 37. The van der Waals surface area contributed by atoms with Gasteiger partial charge in [0.15, 0.2) is 0 Å². The standard InChI is InChI=1S/C42H81NO4/c1-3-5-7-9-11-13-15-17-18-19-20-21-22-23-24-25-27-29-31-33-35-39(45)37-42(47)43-40(38-44)41(46)36-34-32-30-28-26-16-14-12-10-8-6-4-2/h22-23,34,36,39-41,44-46H,3-21,24-33,35,37-38H2,1-2H3,(H,43,47)/b23-22-,36-34+. The second-order valence-electron chi connectivity index (χ2n) is 14.2. The summed E-state index contributed by atoms with van der Waals surface area (Å²) in [5, 5.41) is 33.1. The molecule has 1 amide bonds. The second-order valence-corrected chi connectivity index (χ2v) is 14.2. The van der Waals surface area contributed by atoms with Crippen LogP contribution in [0.25, 0.3) is 0 Å². The average molecular weight is 664 g/mol. The summed E-state index contributed by atoms with van der Waals surface area (Å²) in [5.74, 6) is -0.321. The Morgan fingerprint density at radius 1 is 0.532 bits per heavy atom. The molecule has 0 saturated carbocycles. The highest BCUT2D eigenvalue weighted by molar-refractivity contribution is 5.76. The fraction of sp³-hybridized carbons (Fsp3) is 0.881. The van der Waals surface area contributed by atoms with Crippen molar-refractivity contribution in [3.05, 3.63) is 24.3 Å². The molecule has 0 bridgehead atoms. The summed E-state index contributed by atoms with van der Waals surface area (Å²) in [6, 6.07) is -0.743. The quantitative estimate of drug-likeness (QED) is 0.0393. The molecule has 3 atom stereocenters. The van der Waals surface area contributed by atoms with E-state index in [0.717, 1.165) is 38.5 Å². The number of hydrogen-bond donors (Lipinski definition) is 4. The number of hydrogen-bond acceptors (Lipinski definition) is 4. The number of allylic oxidation sites excluding steroid dienone is 3. The van der Waals surface area contributed by atoms with Gasteiger partial charge in [-0.25, -0.2) is 0 Å². The van der Waals surface area contributed by atoms with Gasteiger partial charge in [-0.05, 0) is 44.9 Å². The van der Waals surface area contributed by atoms with Crippen molar-refractivity contribution < 1.29 is 20.1 Å². The van der Waals surface area contributed by atoms with Crippen LogP contribution in [-0.2, 0) is 4.79 Å². The first-order valence-electron chi connectivity index (χ1n) is 20.6. The number of carbonyl (C=O) groups is 1. The van der Waals surface area contributed by atoms with Gasteiger partial charge < -0.3 is 20.6 Å². The SMILES string of the molecule is CCCCCCCCCCCC/C=C/C(O)C(CO)NC(=O)CC(O)CCCCCCC/C=C\CCCCCCCCCCCCC. The van der Waals surface area contributed by atoms with Crippen LogP contribution >= 0.6 is 0 Å². The Hall–Kier alpha value is -1.17. The first-order valence-corrected chi connectivity index (χ1v) is 20.6. The molecule has 278 valence electrons. The van der Waals surface area contributed by atoms with Gasteiger partial charge in [0.2, 0.25) is 5.91 Å². The van der Waals surface area contributed by atoms with Gasteiger partial charge in [-0.1, -0.05) is 186 Å². The topological polar surface area (TPSA) is 89.8 Å². The third kappa shape index (κ3) is 34.5. The Bertz CT molecular complexity index is 694. The van der Waals surface area contributed by atoms with Crippen LogP contribution < -0.4 is 5.32 Å². The molecule has 0 fully saturated rings. The van der Waals surface area contributed by atoms with Gasteiger partial charge in [-0.2, -0.15) is 0 Å². The van der Waals surface area contributed by atoms with Crippen LogP contribution in [0.1, 0.15) is 213 Å². The van der Waals surface area contributed by atoms with Gasteiger partial charge in [0.1, 0.15) is 0 Å². The second kappa shape index (κ2) is 37.6. The first kappa shape index (κ1) is 45.8. The molecule has 0 aliphatic rings. The van der Waals surface area contributed by atoms with E-state index < -0.39 is 18.2 Å². The lowest BCUT2D eigenvalue weighted by atomic mass is 10.0. The van der Waals surface area contributed by atoms with E-state index in [1.807, 2.05) is 6.08 Å². The lowest BCUT2D eigenvalue weighted by Gasteiger charge is -2.21. The Kier molecular flexibility index (Phi) is 36.7. The minimum atomic E-state index is -0.927. The minimum absolute atomic E-state index is 0.00938. The normalized spacial score (nSPS) is 13.9. The van der Waals surface area contributed by atoms with Crippen LogP contribution in [0, 0.1) is 0 Å². The van der Waals surface area contributed by atoms with E-state index in [-0.39, 0.29) is 18.9 Å². The number of aliphatic hydroxyl groups excluding tert-OH is 3. The zero-order chi connectivity index (χ0) is 34.5. The summed E-state index contributed by atoms with van der Waals surface area (Å²) in [4.78, 5) is 12.4. The minimum Gasteiger partial charge on any atom is -0.394 e. The molecule has 3 unspecified atom stereocenters. The van der Waals surface area contributed by atoms with Gasteiger partial charge in [0.05, 0.1) is 31.3 Å². The fourth-order valence-electron chi connectivity index (χ4n) is 6.27. The number of aliphatic hydroxyl groups is 3. The van der Waals surface area contributed by atoms with Gasteiger partial charge in [-0.15, -0.1) is 0 Å². The number of unbranched alkanes of at least 4 members (excludes halogenated alkanes) is 26. The van der Waals surface area contributed by atoms with Crippen LogP contribution in [0.2, 0.25) is 0 Å². The van der Waals surface area contributed by atoms with Crippen molar-refractivity contribution in [2.45, 2.75) is 231 Å². The maximum absolute atomic E-state index is 12.4. The molecule has 0 aliphatic carbocycles. The lowest BCUT2D eigenvalue weighted by molar-refractivity contribution is -0.124. The third-order valence-electron chi connectivity index (χ3n) is 9.48. The Morgan fingerprint density at radius 2 is 0.894 bits per heavy atom. The highest BCUT2D eigenvalue weighted by Gasteiger charge is 2.20. The molecule has 0 spiro atoms. The van der Waals surface area contributed by atoms with E-state index in [2.05, 4.69) is 31.3 Å². The van der Waals surface area contributed by atoms with Crippen LogP contribution in [-0.4, -0.2) is 46.1 Å². The average Bonchev–Trinajstić information content (AvgIpc) is 3.06. The van der Waals surface area contributed by atoms with E-state index in [1.165, 1.54) is 148 Å². The number of amides is 1. The van der Waals surface area contributed by atoms with E-state index in [1.54, 1.807) is 6.08 Å². The Labute approximate surface area is 292 Å². The van der Waals surface area contributed by atoms with Crippen LogP contribution in [0.5, 0.6) is 0 Å². The molecule has 0 aromatic carbocycles. The molecule has 0 aromatic heterocycles. The predicted octanol–water partition coefficient (Wildman–Crippen LogP) is 11.4. The van der Waals surface area contributed by atoms with E-state index in [4.69, 9.17) is 0 Å². The third-order valence-corrected chi connectivity index (χ3v) is 9.48. The molecular weight excluding hydrogens is 582 g/mol. The first-order chi connectivity index (χ1) is 23.0. The molecule has 0 aromatic rings. The van der Waals surface area contributed by atoms with Crippen LogP contribution in [0.4, 0.5) is 0 Å². The van der Waals surface area contributed by atoms with Crippen molar-refractivity contribution >= 4 is 5.91 Å². The predicted molar refractivity (Wildman–Crippen MR) is 204 cm³/mol. The highest BCUT2D eigenvalue weighted by atomic mass is 16.3. The molecule has 0 saturated heterocycles. The summed E-state index contributed by atoms with van der Waals surface area (Å²) in [6.45, 7) is 4.20. The molecule has 5 nitrogen and oxygen atoms in total. The molecule has 0 heterocycles. The van der Waals surface area contributed by atoms with Crippen molar-refractivity contribution in [2.75, 3.05) is 6.61 Å². The Morgan fingerprint density at radius 3 is 1.30 bits per heavy atom. The zero-order valence-corrected chi connectivity index (χ0v) is 31.4. The summed E-state index contributed by atoms with van der Waals surface area (Å²) >= 11 is 0. The lowest BCUT2D eigenvalue weighted by Crippen LogP contribution is -2.45. The molecule has 0 aliphatic heterocycles. The maximum Gasteiger partial charge on any atom is 0.222 e. The van der Waals surface area contributed by atoms with E-state index in [9.17, 15) is 20.1 Å². The fourth-order valence-corrected chi connectivity index (χ4v) is 6.27. The summed E-state index contributed by atoms with van der Waals surface area (Å²) < 4.78 is 0. The molecular formula is C42H81NO4. The maximum atomic E-state index is 12.4. The monoisotopic (exact) mass is 664 g/mol. The summed E-state index contributed by atoms with van der Waals surface area (Å²) in [7, 11) is 0. The van der Waals surface area contributed by atoms with Crippen molar-refractivity contribution in [2.24, 2.45) is 0 Å². The van der Waals surface area contributed by atoms with Gasteiger partial charge >= 0.3 is 0 Å². The molecule has 47 heavy (non-hydrogen) atoms. The van der Waals surface area contributed by atoms with Crippen LogP contribution in [0.3, 0.4) is 0 Å². The smallest absolute Gasteiger partial charge is 0.222 e. The van der Waals surface area contributed by atoms with Crippen molar-refractivity contribution in [3.63, 3.8) is 0 Å². The van der Waals surface area contributed by atoms with E-state index in [0.29, 0.717) is 6.42 Å². The molecule has 0 rings (SSSR count). The van der Waals surface area contributed by atoms with Crippen molar-refractivity contribution in [3.8, 4) is 0 Å². The van der Waals surface area contributed by atoms with Crippen molar-refractivity contribution in [1.29, 1.82) is 0 Å². The van der Waals surface area contributed by atoms with Crippen molar-refractivity contribution in [1.82, 2.24) is 5.32 Å². The highest BCUT2D eigenvalue weighted by Crippen LogP contribution is 2.14. The number of carbonyl (C=O) groups excluding carboxylic acids is 1. The van der Waals surface area contributed by atoms with Gasteiger partial charge in [-0.3, -0.25) is 4.79 Å². The molecule has 5 heteroatoms. The largest absolute Gasteiger partial charge is 0.394 e. The van der Waals surface area contributed by atoms with Gasteiger partial charge in [0.25, 0.3) is 0 Å². The summed E-state index contributed by atoms with van der Waals surface area (Å²) in [6.07, 6.45) is 44.5. The molecule has 4 N–H and O–H groups in total.